The summed E-state index contributed by atoms with van der Waals surface area (Å²) < 4.78 is 0.542. The molecule has 0 aromatic carbocycles. The topological polar surface area (TPSA) is 82.0 Å². The van der Waals surface area contributed by atoms with Crippen molar-refractivity contribution >= 4 is 27.5 Å². The minimum atomic E-state index is -0.550. The van der Waals surface area contributed by atoms with Crippen LogP contribution in [0.4, 0.5) is 5.69 Å². The van der Waals surface area contributed by atoms with E-state index in [9.17, 15) is 4.79 Å². The van der Waals surface area contributed by atoms with Gasteiger partial charge in [-0.15, -0.1) is 0 Å². The number of primary amides is 1. The van der Waals surface area contributed by atoms with Gasteiger partial charge >= 0.3 is 0 Å². The number of nitrogen functional groups attached to an aromatic ring is 1. The van der Waals surface area contributed by atoms with Crippen molar-refractivity contribution in [3.8, 4) is 0 Å². The molecule has 0 radical (unpaired) electrons. The smallest absolute Gasteiger partial charge is 0.250 e. The van der Waals surface area contributed by atoms with Crippen LogP contribution in [-0.2, 0) is 0 Å². The highest BCUT2D eigenvalue weighted by molar-refractivity contribution is 9.10. The molecule has 58 valence electrons. The Kier molecular flexibility index (Phi) is 2.09. The van der Waals surface area contributed by atoms with E-state index in [0.717, 1.165) is 0 Å². The number of anilines is 1. The molecular formula is C6H6BrN3O. The Morgan fingerprint density at radius 1 is 1.64 bits per heavy atom. The summed E-state index contributed by atoms with van der Waals surface area (Å²) in [5, 5.41) is 0. The van der Waals surface area contributed by atoms with Crippen molar-refractivity contribution in [2.45, 2.75) is 0 Å². The lowest BCUT2D eigenvalue weighted by molar-refractivity contribution is 0.100. The van der Waals surface area contributed by atoms with Crippen molar-refractivity contribution in [3.63, 3.8) is 0 Å². The maximum Gasteiger partial charge on any atom is 0.250 e. The molecule has 4 nitrogen and oxygen atoms in total. The van der Waals surface area contributed by atoms with E-state index in [0.29, 0.717) is 10.3 Å². The van der Waals surface area contributed by atoms with Crippen LogP contribution in [0.15, 0.2) is 16.9 Å². The lowest BCUT2D eigenvalue weighted by Gasteiger charge is -1.99. The van der Waals surface area contributed by atoms with Crippen molar-refractivity contribution in [2.75, 3.05) is 5.73 Å². The fourth-order valence-electron chi connectivity index (χ4n) is 0.654. The number of nitrogens with two attached hydrogens (primary N) is 2. The number of aromatic nitrogens is 1. The normalized spacial score (nSPS) is 9.55. The van der Waals surface area contributed by atoms with E-state index in [4.69, 9.17) is 11.5 Å². The Labute approximate surface area is 71.7 Å². The number of rotatable bonds is 1. The third-order valence-corrected chi connectivity index (χ3v) is 1.60. The monoisotopic (exact) mass is 215 g/mol. The maximum absolute atomic E-state index is 10.7. The number of pyridine rings is 1. The number of hydrogen-bond acceptors (Lipinski definition) is 3. The first kappa shape index (κ1) is 8.00. The fourth-order valence-corrected chi connectivity index (χ4v) is 0.985. The van der Waals surface area contributed by atoms with Gasteiger partial charge in [0.25, 0.3) is 5.91 Å². The first-order valence-electron chi connectivity index (χ1n) is 2.82. The quantitative estimate of drug-likeness (QED) is 0.671. The van der Waals surface area contributed by atoms with Gasteiger partial charge in [-0.25, -0.2) is 4.98 Å². The first-order chi connectivity index (χ1) is 5.11. The average Bonchev–Trinajstić information content (AvgIpc) is 1.94. The molecule has 0 atom stereocenters. The Morgan fingerprint density at radius 2 is 2.27 bits per heavy atom. The van der Waals surface area contributed by atoms with E-state index < -0.39 is 5.91 Å². The van der Waals surface area contributed by atoms with E-state index in [1.54, 1.807) is 0 Å². The SMILES string of the molecule is NC(=O)c1cc(Br)ncc1N. The molecule has 1 aromatic rings. The molecule has 11 heavy (non-hydrogen) atoms. The minimum absolute atomic E-state index is 0.284. The zero-order valence-electron chi connectivity index (χ0n) is 5.54. The molecule has 0 unspecified atom stereocenters. The highest BCUT2D eigenvalue weighted by atomic mass is 79.9. The average molecular weight is 216 g/mol. The van der Waals surface area contributed by atoms with Crippen LogP contribution < -0.4 is 11.5 Å². The fraction of sp³-hybridized carbons (Fsp3) is 0. The Bertz CT molecular complexity index is 300. The van der Waals surface area contributed by atoms with Gasteiger partial charge < -0.3 is 11.5 Å². The number of nitrogens with zero attached hydrogens (tertiary/aromatic N) is 1. The highest BCUT2D eigenvalue weighted by Gasteiger charge is 2.05. The lowest BCUT2D eigenvalue weighted by atomic mass is 10.2. The Hall–Kier alpha value is -1.10. The standard InChI is InChI=1S/C6H6BrN3O/c7-5-1-3(6(9)11)4(8)2-10-5/h1-2H,8H2,(H2,9,11). The Morgan fingerprint density at radius 3 is 2.73 bits per heavy atom. The molecule has 1 aromatic heterocycles. The van der Waals surface area contributed by atoms with Crippen molar-refractivity contribution in [2.24, 2.45) is 5.73 Å². The summed E-state index contributed by atoms with van der Waals surface area (Å²) in [4.78, 5) is 14.5. The van der Waals surface area contributed by atoms with Crippen LogP contribution in [0.1, 0.15) is 10.4 Å². The van der Waals surface area contributed by atoms with Gasteiger partial charge in [0.1, 0.15) is 4.60 Å². The summed E-state index contributed by atoms with van der Waals surface area (Å²) in [7, 11) is 0. The van der Waals surface area contributed by atoms with Crippen LogP contribution in [0.2, 0.25) is 0 Å². The van der Waals surface area contributed by atoms with E-state index in [1.165, 1.54) is 12.3 Å². The van der Waals surface area contributed by atoms with Crippen LogP contribution in [0.25, 0.3) is 0 Å². The molecule has 0 bridgehead atoms. The number of carbonyl (C=O) groups excluding carboxylic acids is 1. The molecule has 0 saturated heterocycles. The molecule has 5 heteroatoms. The first-order valence-corrected chi connectivity index (χ1v) is 3.61. The molecule has 0 spiro atoms. The molecule has 0 aliphatic rings. The van der Waals surface area contributed by atoms with Gasteiger partial charge in [0, 0.05) is 0 Å². The van der Waals surface area contributed by atoms with Gasteiger partial charge in [0.15, 0.2) is 0 Å². The highest BCUT2D eigenvalue weighted by Crippen LogP contribution is 2.14. The number of hydrogen-bond donors (Lipinski definition) is 2. The molecule has 0 aliphatic carbocycles. The molecule has 1 rings (SSSR count). The van der Waals surface area contributed by atoms with E-state index in [-0.39, 0.29) is 5.56 Å². The van der Waals surface area contributed by atoms with Crippen LogP contribution >= 0.6 is 15.9 Å². The third kappa shape index (κ3) is 1.68. The van der Waals surface area contributed by atoms with Gasteiger partial charge in [0.05, 0.1) is 17.4 Å². The van der Waals surface area contributed by atoms with Crippen LogP contribution in [-0.4, -0.2) is 10.9 Å². The van der Waals surface area contributed by atoms with E-state index in [2.05, 4.69) is 20.9 Å². The van der Waals surface area contributed by atoms with Crippen LogP contribution in [0.5, 0.6) is 0 Å². The number of amides is 1. The largest absolute Gasteiger partial charge is 0.397 e. The number of carbonyl (C=O) groups is 1. The maximum atomic E-state index is 10.7. The lowest BCUT2D eigenvalue weighted by Crippen LogP contribution is -2.13. The Balaban J connectivity index is 3.23. The number of halogens is 1. The molecule has 1 amide bonds. The van der Waals surface area contributed by atoms with E-state index in [1.807, 2.05) is 0 Å². The molecule has 0 fully saturated rings. The van der Waals surface area contributed by atoms with Crippen molar-refractivity contribution in [3.05, 3.63) is 22.4 Å². The second kappa shape index (κ2) is 2.87. The molecule has 1 heterocycles. The van der Waals surface area contributed by atoms with Gasteiger partial charge in [-0.1, -0.05) is 0 Å². The summed E-state index contributed by atoms with van der Waals surface area (Å²) in [6.45, 7) is 0. The molecule has 0 saturated carbocycles. The predicted molar refractivity (Wildman–Crippen MR) is 44.9 cm³/mol. The second-order valence-electron chi connectivity index (χ2n) is 1.96. The van der Waals surface area contributed by atoms with Crippen LogP contribution in [0.3, 0.4) is 0 Å². The van der Waals surface area contributed by atoms with Gasteiger partial charge in [-0.05, 0) is 22.0 Å². The van der Waals surface area contributed by atoms with Gasteiger partial charge in [0.2, 0.25) is 0 Å². The summed E-state index contributed by atoms with van der Waals surface area (Å²) in [6.07, 6.45) is 1.38. The molecule has 4 N–H and O–H groups in total. The summed E-state index contributed by atoms with van der Waals surface area (Å²) >= 11 is 3.09. The van der Waals surface area contributed by atoms with Gasteiger partial charge in [-0.3, -0.25) is 4.79 Å². The zero-order valence-corrected chi connectivity index (χ0v) is 7.13. The predicted octanol–water partition coefficient (Wildman–Crippen LogP) is 0.525. The van der Waals surface area contributed by atoms with Crippen molar-refractivity contribution in [1.29, 1.82) is 0 Å². The summed E-state index contributed by atoms with van der Waals surface area (Å²) in [5.41, 5.74) is 11.0. The molecular weight excluding hydrogens is 210 g/mol. The second-order valence-corrected chi connectivity index (χ2v) is 2.77. The minimum Gasteiger partial charge on any atom is -0.397 e. The molecule has 0 aliphatic heterocycles. The third-order valence-electron chi connectivity index (χ3n) is 1.17. The van der Waals surface area contributed by atoms with E-state index >= 15 is 0 Å². The summed E-state index contributed by atoms with van der Waals surface area (Å²) in [5.74, 6) is -0.550. The van der Waals surface area contributed by atoms with Crippen molar-refractivity contribution in [1.82, 2.24) is 4.98 Å². The van der Waals surface area contributed by atoms with Crippen LogP contribution in [0, 0.1) is 0 Å². The zero-order chi connectivity index (χ0) is 8.43. The van der Waals surface area contributed by atoms with Crippen molar-refractivity contribution < 1.29 is 4.79 Å². The van der Waals surface area contributed by atoms with Gasteiger partial charge in [-0.2, -0.15) is 0 Å². The summed E-state index contributed by atoms with van der Waals surface area (Å²) in [6, 6.07) is 1.48.